The standard InChI is InChI=1S/C15H21N3O2/c1-17-7-8-18(15(19)11-17)13-4-2-12(3-5-13)14-10-16-6-9-20-14/h2-5,14,16H,6-11H2,1H3. The fraction of sp³-hybridized carbons (Fsp3) is 0.533. The first-order chi connectivity index (χ1) is 9.74. The summed E-state index contributed by atoms with van der Waals surface area (Å²) >= 11 is 0. The third-order valence-electron chi connectivity index (χ3n) is 3.92. The second-order valence-corrected chi connectivity index (χ2v) is 5.44. The molecule has 0 radical (unpaired) electrons. The number of likely N-dealkylation sites (N-methyl/N-ethyl adjacent to an activating group) is 1. The number of nitrogens with zero attached hydrogens (tertiary/aromatic N) is 2. The minimum absolute atomic E-state index is 0.126. The molecule has 2 aliphatic rings. The minimum atomic E-state index is 0.126. The van der Waals surface area contributed by atoms with Crippen LogP contribution in [0.1, 0.15) is 11.7 Å². The van der Waals surface area contributed by atoms with E-state index in [1.54, 1.807) is 0 Å². The van der Waals surface area contributed by atoms with Gasteiger partial charge in [-0.3, -0.25) is 9.69 Å². The molecule has 2 heterocycles. The van der Waals surface area contributed by atoms with Gasteiger partial charge in [-0.2, -0.15) is 0 Å². The van der Waals surface area contributed by atoms with Gasteiger partial charge in [0.25, 0.3) is 0 Å². The zero-order valence-electron chi connectivity index (χ0n) is 11.8. The molecule has 1 unspecified atom stereocenters. The fourth-order valence-electron chi connectivity index (χ4n) is 2.71. The first-order valence-electron chi connectivity index (χ1n) is 7.15. The van der Waals surface area contributed by atoms with E-state index in [4.69, 9.17) is 4.74 Å². The van der Waals surface area contributed by atoms with Gasteiger partial charge >= 0.3 is 0 Å². The summed E-state index contributed by atoms with van der Waals surface area (Å²) < 4.78 is 5.73. The third-order valence-corrected chi connectivity index (χ3v) is 3.92. The molecule has 0 saturated carbocycles. The number of nitrogens with one attached hydrogen (secondary N) is 1. The summed E-state index contributed by atoms with van der Waals surface area (Å²) in [5.41, 5.74) is 2.15. The third kappa shape index (κ3) is 2.85. The Morgan fingerprint density at radius 1 is 1.25 bits per heavy atom. The van der Waals surface area contributed by atoms with Gasteiger partial charge in [0.2, 0.25) is 5.91 Å². The number of hydrogen-bond acceptors (Lipinski definition) is 4. The number of hydrogen-bond donors (Lipinski definition) is 1. The molecule has 2 saturated heterocycles. The van der Waals surface area contributed by atoms with Crippen LogP contribution in [0.2, 0.25) is 0 Å². The molecule has 20 heavy (non-hydrogen) atoms. The summed E-state index contributed by atoms with van der Waals surface area (Å²) in [7, 11) is 1.98. The molecule has 1 aromatic rings. The highest BCUT2D eigenvalue weighted by molar-refractivity contribution is 5.95. The zero-order chi connectivity index (χ0) is 13.9. The predicted molar refractivity (Wildman–Crippen MR) is 77.9 cm³/mol. The SMILES string of the molecule is CN1CCN(c2ccc(C3CNCCO3)cc2)C(=O)C1. The maximum atomic E-state index is 12.0. The lowest BCUT2D eigenvalue weighted by Gasteiger charge is -2.32. The van der Waals surface area contributed by atoms with Gasteiger partial charge in [-0.15, -0.1) is 0 Å². The van der Waals surface area contributed by atoms with Crippen LogP contribution < -0.4 is 10.2 Å². The van der Waals surface area contributed by atoms with Gasteiger partial charge in [-0.1, -0.05) is 12.1 Å². The molecular formula is C15H21N3O2. The zero-order valence-corrected chi connectivity index (χ0v) is 11.8. The molecule has 1 atom stereocenters. The van der Waals surface area contributed by atoms with Gasteiger partial charge in [0.15, 0.2) is 0 Å². The Balaban J connectivity index is 1.70. The lowest BCUT2D eigenvalue weighted by Crippen LogP contribution is -2.48. The molecule has 0 bridgehead atoms. The number of ether oxygens (including phenoxy) is 1. The highest BCUT2D eigenvalue weighted by Crippen LogP contribution is 2.23. The number of piperazine rings is 1. The molecule has 1 N–H and O–H groups in total. The molecule has 108 valence electrons. The van der Waals surface area contributed by atoms with Crippen LogP contribution in [0.4, 0.5) is 5.69 Å². The smallest absolute Gasteiger partial charge is 0.241 e. The Labute approximate surface area is 119 Å². The second kappa shape index (κ2) is 5.91. The van der Waals surface area contributed by atoms with Gasteiger partial charge < -0.3 is 15.0 Å². The summed E-state index contributed by atoms with van der Waals surface area (Å²) in [4.78, 5) is 16.0. The molecule has 2 aliphatic heterocycles. The Morgan fingerprint density at radius 2 is 2.05 bits per heavy atom. The molecule has 0 aromatic heterocycles. The number of amides is 1. The van der Waals surface area contributed by atoms with E-state index >= 15 is 0 Å². The maximum absolute atomic E-state index is 12.0. The average molecular weight is 275 g/mol. The van der Waals surface area contributed by atoms with E-state index in [9.17, 15) is 4.79 Å². The van der Waals surface area contributed by atoms with E-state index < -0.39 is 0 Å². The summed E-state index contributed by atoms with van der Waals surface area (Å²) in [6.07, 6.45) is 0.126. The van der Waals surface area contributed by atoms with Gasteiger partial charge in [-0.05, 0) is 24.7 Å². The van der Waals surface area contributed by atoms with Crippen molar-refractivity contribution in [3.8, 4) is 0 Å². The number of anilines is 1. The number of morpholine rings is 1. The van der Waals surface area contributed by atoms with Crippen molar-refractivity contribution in [1.29, 1.82) is 0 Å². The monoisotopic (exact) mass is 275 g/mol. The molecule has 5 nitrogen and oxygen atoms in total. The largest absolute Gasteiger partial charge is 0.371 e. The van der Waals surface area contributed by atoms with E-state index in [1.165, 1.54) is 5.56 Å². The Hall–Kier alpha value is -1.43. The summed E-state index contributed by atoms with van der Waals surface area (Å²) in [5, 5.41) is 3.33. The number of carbonyl (C=O) groups is 1. The maximum Gasteiger partial charge on any atom is 0.241 e. The van der Waals surface area contributed by atoms with E-state index in [0.29, 0.717) is 6.54 Å². The molecule has 1 aromatic carbocycles. The van der Waals surface area contributed by atoms with Crippen LogP contribution in [0.25, 0.3) is 0 Å². The normalized spacial score (nSPS) is 24.9. The summed E-state index contributed by atoms with van der Waals surface area (Å²) in [6, 6.07) is 8.18. The van der Waals surface area contributed by atoms with Gasteiger partial charge in [0.05, 0.1) is 19.3 Å². The van der Waals surface area contributed by atoms with Crippen molar-refractivity contribution in [2.45, 2.75) is 6.10 Å². The number of carbonyl (C=O) groups excluding carboxylic acids is 1. The Morgan fingerprint density at radius 3 is 2.70 bits per heavy atom. The first-order valence-corrected chi connectivity index (χ1v) is 7.15. The van der Waals surface area contributed by atoms with Crippen LogP contribution in [0, 0.1) is 0 Å². The van der Waals surface area contributed by atoms with Crippen LogP contribution in [0.3, 0.4) is 0 Å². The highest BCUT2D eigenvalue weighted by Gasteiger charge is 2.23. The van der Waals surface area contributed by atoms with E-state index in [0.717, 1.165) is 38.5 Å². The Bertz CT molecular complexity index is 469. The van der Waals surface area contributed by atoms with Crippen molar-refractivity contribution >= 4 is 11.6 Å². The fourth-order valence-corrected chi connectivity index (χ4v) is 2.71. The van der Waals surface area contributed by atoms with E-state index in [-0.39, 0.29) is 12.0 Å². The molecular weight excluding hydrogens is 254 g/mol. The van der Waals surface area contributed by atoms with Crippen LogP contribution in [0.15, 0.2) is 24.3 Å². The topological polar surface area (TPSA) is 44.8 Å². The van der Waals surface area contributed by atoms with Gasteiger partial charge in [0, 0.05) is 31.9 Å². The van der Waals surface area contributed by atoms with Crippen molar-refractivity contribution in [2.75, 3.05) is 51.3 Å². The quantitative estimate of drug-likeness (QED) is 0.860. The Kier molecular flexibility index (Phi) is 4.00. The molecule has 5 heteroatoms. The van der Waals surface area contributed by atoms with Crippen molar-refractivity contribution in [3.05, 3.63) is 29.8 Å². The molecule has 3 rings (SSSR count). The van der Waals surface area contributed by atoms with Crippen LogP contribution >= 0.6 is 0 Å². The molecule has 0 spiro atoms. The second-order valence-electron chi connectivity index (χ2n) is 5.44. The highest BCUT2D eigenvalue weighted by atomic mass is 16.5. The van der Waals surface area contributed by atoms with E-state index in [1.807, 2.05) is 24.1 Å². The lowest BCUT2D eigenvalue weighted by molar-refractivity contribution is -0.120. The van der Waals surface area contributed by atoms with Crippen molar-refractivity contribution in [1.82, 2.24) is 10.2 Å². The van der Waals surface area contributed by atoms with Crippen LogP contribution in [0.5, 0.6) is 0 Å². The van der Waals surface area contributed by atoms with Gasteiger partial charge in [0.1, 0.15) is 0 Å². The molecule has 1 amide bonds. The van der Waals surface area contributed by atoms with Gasteiger partial charge in [-0.25, -0.2) is 0 Å². The van der Waals surface area contributed by atoms with Crippen molar-refractivity contribution < 1.29 is 9.53 Å². The number of rotatable bonds is 2. The molecule has 2 fully saturated rings. The summed E-state index contributed by atoms with van der Waals surface area (Å²) in [5.74, 6) is 0.169. The minimum Gasteiger partial charge on any atom is -0.371 e. The number of benzene rings is 1. The molecule has 0 aliphatic carbocycles. The van der Waals surface area contributed by atoms with E-state index in [2.05, 4.69) is 22.3 Å². The lowest BCUT2D eigenvalue weighted by atomic mass is 10.1. The first kappa shape index (κ1) is 13.5. The van der Waals surface area contributed by atoms with Crippen LogP contribution in [-0.4, -0.2) is 57.2 Å². The average Bonchev–Trinajstić information content (AvgIpc) is 2.48. The summed E-state index contributed by atoms with van der Waals surface area (Å²) in [6.45, 7) is 4.71. The van der Waals surface area contributed by atoms with Crippen molar-refractivity contribution in [3.63, 3.8) is 0 Å². The predicted octanol–water partition coefficient (Wildman–Crippen LogP) is 0.626. The van der Waals surface area contributed by atoms with Crippen LogP contribution in [-0.2, 0) is 9.53 Å². The van der Waals surface area contributed by atoms with Crippen molar-refractivity contribution in [2.24, 2.45) is 0 Å².